The summed E-state index contributed by atoms with van der Waals surface area (Å²) in [6.07, 6.45) is 11.4. The average Bonchev–Trinajstić information content (AvgIpc) is 3.61. The van der Waals surface area contributed by atoms with Gasteiger partial charge < -0.3 is 10.0 Å². The average molecular weight is 594 g/mol. The normalized spacial score (nSPS) is 14.2. The van der Waals surface area contributed by atoms with Gasteiger partial charge in [0.1, 0.15) is 17.7 Å². The van der Waals surface area contributed by atoms with Gasteiger partial charge in [0.05, 0.1) is 11.7 Å². The van der Waals surface area contributed by atoms with Crippen LogP contribution in [0.4, 0.5) is 5.82 Å². The molecule has 2 aromatic heterocycles. The summed E-state index contributed by atoms with van der Waals surface area (Å²) < 4.78 is 2.12. The topological polar surface area (TPSA) is 67.1 Å². The van der Waals surface area contributed by atoms with Gasteiger partial charge in [-0.3, -0.25) is 4.68 Å². The minimum Gasteiger partial charge on any atom is -0.396 e. The van der Waals surface area contributed by atoms with Crippen molar-refractivity contribution in [3.63, 3.8) is 0 Å². The molecule has 0 unspecified atom stereocenters. The van der Waals surface area contributed by atoms with E-state index in [1.807, 2.05) is 6.20 Å². The van der Waals surface area contributed by atoms with E-state index in [9.17, 15) is 0 Å². The lowest BCUT2D eigenvalue weighted by molar-refractivity contribution is 0.272. The summed E-state index contributed by atoms with van der Waals surface area (Å²) in [5, 5.41) is 15.3. The van der Waals surface area contributed by atoms with E-state index in [0.29, 0.717) is 6.61 Å². The second kappa shape index (κ2) is 13.0. The number of benzene rings is 4. The van der Waals surface area contributed by atoms with Crippen LogP contribution >= 0.6 is 0 Å². The number of piperidine rings is 1. The summed E-state index contributed by atoms with van der Waals surface area (Å²) in [4.78, 5) is 11.8. The largest absolute Gasteiger partial charge is 0.396 e. The van der Waals surface area contributed by atoms with Crippen LogP contribution in [0.15, 0.2) is 128 Å². The number of rotatable bonds is 10. The molecule has 0 aliphatic carbocycles. The number of fused-ring (bicyclic) bond motifs is 1. The predicted octanol–water partition coefficient (Wildman–Crippen LogP) is 7.71. The van der Waals surface area contributed by atoms with Crippen molar-refractivity contribution in [3.05, 3.63) is 145 Å². The molecule has 0 amide bonds. The molecule has 0 atom stereocenters. The van der Waals surface area contributed by atoms with Crippen molar-refractivity contribution < 1.29 is 5.11 Å². The summed E-state index contributed by atoms with van der Waals surface area (Å²) in [6, 6.07) is 38.4. The Kier molecular flexibility index (Phi) is 8.39. The van der Waals surface area contributed by atoms with E-state index in [1.165, 1.54) is 6.42 Å². The lowest BCUT2D eigenvalue weighted by atomic mass is 9.77. The van der Waals surface area contributed by atoms with E-state index >= 15 is 0 Å². The predicted molar refractivity (Wildman–Crippen MR) is 181 cm³/mol. The lowest BCUT2D eigenvalue weighted by Gasteiger charge is -2.36. The van der Waals surface area contributed by atoms with E-state index in [0.717, 1.165) is 89.2 Å². The molecule has 45 heavy (non-hydrogen) atoms. The van der Waals surface area contributed by atoms with Gasteiger partial charge in [0, 0.05) is 36.8 Å². The number of hydrogen-bond acceptors (Lipinski definition) is 5. The number of unbranched alkanes of at least 4 members (excludes halogenated alkanes) is 1. The van der Waals surface area contributed by atoms with E-state index in [-0.39, 0.29) is 0 Å². The van der Waals surface area contributed by atoms with Gasteiger partial charge in [-0.05, 0) is 59.6 Å². The highest BCUT2D eigenvalue weighted by molar-refractivity contribution is 5.92. The molecule has 1 aliphatic heterocycles. The first kappa shape index (κ1) is 28.9. The maximum Gasteiger partial charge on any atom is 0.139 e. The van der Waals surface area contributed by atoms with Gasteiger partial charge in [-0.1, -0.05) is 110 Å². The van der Waals surface area contributed by atoms with Gasteiger partial charge in [-0.2, -0.15) is 5.10 Å². The van der Waals surface area contributed by atoms with Crippen LogP contribution in [0.3, 0.4) is 0 Å². The fourth-order valence-corrected chi connectivity index (χ4v) is 7.04. The Bertz CT molecular complexity index is 1730. The quantitative estimate of drug-likeness (QED) is 0.130. The minimum atomic E-state index is -0.658. The highest BCUT2D eigenvalue weighted by atomic mass is 16.2. The summed E-state index contributed by atoms with van der Waals surface area (Å²) in [7, 11) is 0. The summed E-state index contributed by atoms with van der Waals surface area (Å²) in [6.45, 7) is 2.27. The summed E-state index contributed by atoms with van der Waals surface area (Å²) >= 11 is 0. The van der Waals surface area contributed by atoms with E-state index in [4.69, 9.17) is 15.2 Å². The molecule has 3 heterocycles. The van der Waals surface area contributed by atoms with Crippen molar-refractivity contribution in [1.29, 1.82) is 0 Å². The van der Waals surface area contributed by atoms with Crippen LogP contribution in [0.5, 0.6) is 0 Å². The lowest BCUT2D eigenvalue weighted by Crippen LogP contribution is -2.38. The van der Waals surface area contributed by atoms with Crippen molar-refractivity contribution in [3.8, 4) is 11.1 Å². The molecule has 4 aromatic carbocycles. The van der Waals surface area contributed by atoms with Gasteiger partial charge >= 0.3 is 0 Å². The van der Waals surface area contributed by atoms with Gasteiger partial charge in [0.25, 0.3) is 0 Å². The number of aromatic nitrogens is 4. The maximum atomic E-state index is 9.16. The highest BCUT2D eigenvalue weighted by Gasteiger charge is 2.39. The van der Waals surface area contributed by atoms with E-state index in [2.05, 4.69) is 130 Å². The third-order valence-electron chi connectivity index (χ3n) is 9.38. The minimum absolute atomic E-state index is 0.290. The molecule has 0 radical (unpaired) electrons. The molecule has 1 fully saturated rings. The molecule has 1 N–H and O–H groups in total. The standard InChI is InChI=1S/C39H39N5O/c45-25-11-10-12-30-21-23-43(24-22-30)38-36-26-31(19-20-37(36)40-29-41-38)32-27-42-44(28-32)39(33-13-4-1-5-14-33,34-15-6-2-7-16-34)35-17-8-3-9-18-35/h1-9,13-20,26-30,45H,10-12,21-25H2. The van der Waals surface area contributed by atoms with Crippen molar-refractivity contribution in [2.24, 2.45) is 5.92 Å². The first-order chi connectivity index (χ1) is 22.3. The zero-order valence-corrected chi connectivity index (χ0v) is 25.5. The zero-order chi connectivity index (χ0) is 30.5. The van der Waals surface area contributed by atoms with Gasteiger partial charge in [-0.25, -0.2) is 9.97 Å². The first-order valence-electron chi connectivity index (χ1n) is 16.1. The smallest absolute Gasteiger partial charge is 0.139 e. The van der Waals surface area contributed by atoms with E-state index < -0.39 is 5.54 Å². The molecule has 6 nitrogen and oxygen atoms in total. The Labute approximate surface area is 265 Å². The molecular formula is C39H39N5O. The second-order valence-electron chi connectivity index (χ2n) is 12.1. The molecule has 0 bridgehead atoms. The molecule has 1 saturated heterocycles. The van der Waals surface area contributed by atoms with Crippen LogP contribution in [0, 0.1) is 5.92 Å². The van der Waals surface area contributed by atoms with Crippen molar-refractivity contribution in [2.45, 2.75) is 37.6 Å². The highest BCUT2D eigenvalue weighted by Crippen LogP contribution is 2.41. The molecular weight excluding hydrogens is 554 g/mol. The second-order valence-corrected chi connectivity index (χ2v) is 12.1. The van der Waals surface area contributed by atoms with Crippen molar-refractivity contribution >= 4 is 16.7 Å². The Morgan fingerprint density at radius 3 is 1.93 bits per heavy atom. The molecule has 6 heteroatoms. The Hall–Kier alpha value is -4.81. The molecule has 1 aliphatic rings. The zero-order valence-electron chi connectivity index (χ0n) is 25.5. The van der Waals surface area contributed by atoms with Crippen LogP contribution in [-0.2, 0) is 5.54 Å². The van der Waals surface area contributed by atoms with Gasteiger partial charge in [0.2, 0.25) is 0 Å². The Morgan fingerprint density at radius 1 is 0.711 bits per heavy atom. The summed E-state index contributed by atoms with van der Waals surface area (Å²) in [5.41, 5.74) is 5.86. The van der Waals surface area contributed by atoms with Gasteiger partial charge in [0.15, 0.2) is 0 Å². The Balaban J connectivity index is 1.28. The van der Waals surface area contributed by atoms with E-state index in [1.54, 1.807) is 6.33 Å². The first-order valence-corrected chi connectivity index (χ1v) is 16.1. The third kappa shape index (κ3) is 5.62. The molecule has 226 valence electrons. The Morgan fingerprint density at radius 2 is 1.33 bits per heavy atom. The molecule has 7 rings (SSSR count). The maximum absolute atomic E-state index is 9.16. The number of aliphatic hydroxyl groups is 1. The fourth-order valence-electron chi connectivity index (χ4n) is 7.04. The number of aliphatic hydroxyl groups excluding tert-OH is 1. The van der Waals surface area contributed by atoms with Crippen LogP contribution in [0.1, 0.15) is 48.8 Å². The monoisotopic (exact) mass is 593 g/mol. The van der Waals surface area contributed by atoms with Crippen LogP contribution < -0.4 is 4.90 Å². The van der Waals surface area contributed by atoms with Gasteiger partial charge in [-0.15, -0.1) is 0 Å². The molecule has 0 spiro atoms. The number of hydrogen-bond donors (Lipinski definition) is 1. The molecule has 6 aromatic rings. The summed E-state index contributed by atoms with van der Waals surface area (Å²) in [5.74, 6) is 1.73. The van der Waals surface area contributed by atoms with Crippen molar-refractivity contribution in [2.75, 3.05) is 24.6 Å². The third-order valence-corrected chi connectivity index (χ3v) is 9.38. The van der Waals surface area contributed by atoms with Crippen LogP contribution in [-0.4, -0.2) is 44.6 Å². The SMILES string of the molecule is OCCCCC1CCN(c2ncnc3ccc(-c4cnn(C(c5ccccc5)(c5ccccc5)c5ccccc5)c4)cc23)CC1. The van der Waals surface area contributed by atoms with Crippen LogP contribution in [0.25, 0.3) is 22.0 Å². The number of anilines is 1. The van der Waals surface area contributed by atoms with Crippen LogP contribution in [0.2, 0.25) is 0 Å². The molecule has 0 saturated carbocycles. The fraction of sp³-hybridized carbons (Fsp3) is 0.256. The number of nitrogens with zero attached hydrogens (tertiary/aromatic N) is 5. The van der Waals surface area contributed by atoms with Crippen molar-refractivity contribution in [1.82, 2.24) is 19.7 Å².